The number of anilines is 1. The monoisotopic (exact) mass is 318 g/mol. The Balaban J connectivity index is 2.35. The summed E-state index contributed by atoms with van der Waals surface area (Å²) >= 11 is 4.80. The molecule has 1 fully saturated rings. The number of aromatic nitrogens is 1. The third kappa shape index (κ3) is 3.23. The van der Waals surface area contributed by atoms with Gasteiger partial charge in [0.05, 0.1) is 5.56 Å². The van der Waals surface area contributed by atoms with E-state index >= 15 is 0 Å². The normalized spacial score (nSPS) is 19.0. The minimum Gasteiger partial charge on any atom is -0.389 e. The molecule has 114 valence electrons. The van der Waals surface area contributed by atoms with Gasteiger partial charge in [0.25, 0.3) is 0 Å². The fourth-order valence-corrected chi connectivity index (χ4v) is 2.21. The van der Waals surface area contributed by atoms with Gasteiger partial charge in [0.15, 0.2) is 0 Å². The van der Waals surface area contributed by atoms with E-state index in [-0.39, 0.29) is 22.3 Å². The second-order valence-corrected chi connectivity index (χ2v) is 5.14. The van der Waals surface area contributed by atoms with Gasteiger partial charge < -0.3 is 16.0 Å². The highest BCUT2D eigenvalue weighted by molar-refractivity contribution is 7.80. The molecule has 1 aliphatic heterocycles. The molecule has 0 aromatic carbocycles. The van der Waals surface area contributed by atoms with Crippen LogP contribution in [0.1, 0.15) is 17.7 Å². The van der Waals surface area contributed by atoms with Crippen molar-refractivity contribution in [1.29, 1.82) is 0 Å². The zero-order chi connectivity index (χ0) is 15.8. The first-order valence-corrected chi connectivity index (χ1v) is 6.50. The molecule has 5 nitrogen and oxygen atoms in total. The van der Waals surface area contributed by atoms with Gasteiger partial charge in [0.2, 0.25) is 5.91 Å². The van der Waals surface area contributed by atoms with Crippen LogP contribution in [-0.4, -0.2) is 40.4 Å². The van der Waals surface area contributed by atoms with Crippen LogP contribution >= 0.6 is 12.2 Å². The fraction of sp³-hybridized carbons (Fsp3) is 0.417. The standard InChI is InChI=1S/C12H13F3N4OS/c1-19-5-4-7(11(19)20)17-10-6(9(16)21)2-3-8(18-10)12(13,14)15/h2-3,7H,4-5H2,1H3,(H2,16,21)(H,17,18). The van der Waals surface area contributed by atoms with Crippen LogP contribution < -0.4 is 11.1 Å². The molecule has 0 aliphatic carbocycles. The Morgan fingerprint density at radius 1 is 1.52 bits per heavy atom. The third-order valence-corrected chi connectivity index (χ3v) is 3.41. The molecule has 3 N–H and O–H groups in total. The molecule has 0 radical (unpaired) electrons. The summed E-state index contributed by atoms with van der Waals surface area (Å²) in [5.74, 6) is -0.325. The van der Waals surface area contributed by atoms with Crippen LogP contribution in [0.4, 0.5) is 19.0 Å². The molecule has 21 heavy (non-hydrogen) atoms. The molecule has 1 saturated heterocycles. The lowest BCUT2D eigenvalue weighted by molar-refractivity contribution is -0.141. The van der Waals surface area contributed by atoms with Crippen molar-refractivity contribution >= 4 is 28.9 Å². The first kappa shape index (κ1) is 15.5. The van der Waals surface area contributed by atoms with Crippen molar-refractivity contribution in [2.24, 2.45) is 5.73 Å². The van der Waals surface area contributed by atoms with Crippen LogP contribution in [0.3, 0.4) is 0 Å². The first-order chi connectivity index (χ1) is 9.70. The number of pyridine rings is 1. The van der Waals surface area contributed by atoms with Gasteiger partial charge >= 0.3 is 6.18 Å². The molecule has 1 amide bonds. The Kier molecular flexibility index (Phi) is 4.04. The second-order valence-electron chi connectivity index (χ2n) is 4.70. The topological polar surface area (TPSA) is 71.2 Å². The summed E-state index contributed by atoms with van der Waals surface area (Å²) in [5.41, 5.74) is 4.60. The summed E-state index contributed by atoms with van der Waals surface area (Å²) in [5, 5.41) is 2.71. The van der Waals surface area contributed by atoms with E-state index in [2.05, 4.69) is 10.3 Å². The van der Waals surface area contributed by atoms with Crippen molar-refractivity contribution in [1.82, 2.24) is 9.88 Å². The molecule has 9 heteroatoms. The van der Waals surface area contributed by atoms with E-state index in [4.69, 9.17) is 18.0 Å². The third-order valence-electron chi connectivity index (χ3n) is 3.19. The molecule has 0 spiro atoms. The largest absolute Gasteiger partial charge is 0.433 e. The van der Waals surface area contributed by atoms with Crippen molar-refractivity contribution in [2.45, 2.75) is 18.6 Å². The molecule has 2 heterocycles. The highest BCUT2D eigenvalue weighted by Gasteiger charge is 2.34. The Morgan fingerprint density at radius 2 is 2.19 bits per heavy atom. The number of halogens is 3. The van der Waals surface area contributed by atoms with Gasteiger partial charge in [-0.2, -0.15) is 13.2 Å². The Labute approximate surface area is 124 Å². The SMILES string of the molecule is CN1CCC(Nc2nc(C(F)(F)F)ccc2C(N)=S)C1=O. The van der Waals surface area contributed by atoms with Gasteiger partial charge in [0.1, 0.15) is 22.5 Å². The van der Waals surface area contributed by atoms with Crippen molar-refractivity contribution in [3.05, 3.63) is 23.4 Å². The van der Waals surface area contributed by atoms with E-state index in [0.29, 0.717) is 13.0 Å². The molecule has 2 rings (SSSR count). The number of hydrogen-bond donors (Lipinski definition) is 2. The van der Waals surface area contributed by atoms with Crippen LogP contribution in [0, 0.1) is 0 Å². The predicted octanol–water partition coefficient (Wildman–Crippen LogP) is 1.38. The number of hydrogen-bond acceptors (Lipinski definition) is 4. The molecule has 1 aliphatic rings. The maximum atomic E-state index is 12.7. The van der Waals surface area contributed by atoms with Crippen LogP contribution in [0.5, 0.6) is 0 Å². The van der Waals surface area contributed by atoms with Crippen molar-refractivity contribution in [2.75, 3.05) is 18.9 Å². The van der Waals surface area contributed by atoms with Crippen LogP contribution in [-0.2, 0) is 11.0 Å². The average Bonchev–Trinajstić information content (AvgIpc) is 2.69. The predicted molar refractivity (Wildman–Crippen MR) is 74.8 cm³/mol. The smallest absolute Gasteiger partial charge is 0.389 e. The first-order valence-electron chi connectivity index (χ1n) is 6.09. The van der Waals surface area contributed by atoms with E-state index in [1.54, 1.807) is 7.05 Å². The number of thiocarbonyl (C=S) groups is 1. The summed E-state index contributed by atoms with van der Waals surface area (Å²) < 4.78 is 38.2. The number of nitrogens with two attached hydrogens (primary N) is 1. The highest BCUT2D eigenvalue weighted by atomic mass is 32.1. The zero-order valence-electron chi connectivity index (χ0n) is 11.1. The number of likely N-dealkylation sites (N-methyl/N-ethyl adjacent to an activating group) is 1. The Bertz CT molecular complexity index is 590. The Hall–Kier alpha value is -1.90. The second kappa shape index (κ2) is 5.47. The number of alkyl halides is 3. The summed E-state index contributed by atoms with van der Waals surface area (Å²) in [7, 11) is 1.62. The summed E-state index contributed by atoms with van der Waals surface area (Å²) in [6.45, 7) is 0.526. The summed E-state index contributed by atoms with van der Waals surface area (Å²) in [4.78, 5) is 16.7. The van der Waals surface area contributed by atoms with Gasteiger partial charge in [0, 0.05) is 13.6 Å². The molecular weight excluding hydrogens is 305 g/mol. The Morgan fingerprint density at radius 3 is 2.67 bits per heavy atom. The molecule has 1 unspecified atom stereocenters. The average molecular weight is 318 g/mol. The molecule has 0 saturated carbocycles. The molecule has 1 atom stereocenters. The summed E-state index contributed by atoms with van der Waals surface area (Å²) in [6, 6.07) is 1.34. The molecule has 0 bridgehead atoms. The lowest BCUT2D eigenvalue weighted by Crippen LogP contribution is -2.32. The lowest BCUT2D eigenvalue weighted by atomic mass is 10.2. The molecule has 1 aromatic rings. The van der Waals surface area contributed by atoms with Gasteiger partial charge in [-0.05, 0) is 18.6 Å². The van der Waals surface area contributed by atoms with Crippen molar-refractivity contribution < 1.29 is 18.0 Å². The maximum Gasteiger partial charge on any atom is 0.433 e. The number of carbonyl (C=O) groups excluding carboxylic acids is 1. The van der Waals surface area contributed by atoms with E-state index in [1.807, 2.05) is 0 Å². The van der Waals surface area contributed by atoms with Crippen molar-refractivity contribution in [3.63, 3.8) is 0 Å². The van der Waals surface area contributed by atoms with Crippen LogP contribution in [0.25, 0.3) is 0 Å². The number of amides is 1. The quantitative estimate of drug-likeness (QED) is 0.824. The van der Waals surface area contributed by atoms with E-state index in [0.717, 1.165) is 12.1 Å². The number of rotatable bonds is 3. The number of nitrogens with zero attached hydrogens (tertiary/aromatic N) is 2. The number of nitrogens with one attached hydrogen (secondary N) is 1. The van der Waals surface area contributed by atoms with Crippen LogP contribution in [0.2, 0.25) is 0 Å². The minimum absolute atomic E-state index is 0.0856. The molecule has 1 aromatic heterocycles. The fourth-order valence-electron chi connectivity index (χ4n) is 2.05. The van der Waals surface area contributed by atoms with Crippen molar-refractivity contribution in [3.8, 4) is 0 Å². The van der Waals surface area contributed by atoms with E-state index in [1.165, 1.54) is 4.90 Å². The summed E-state index contributed by atoms with van der Waals surface area (Å²) in [6.07, 6.45) is -4.11. The van der Waals surface area contributed by atoms with Gasteiger partial charge in [-0.3, -0.25) is 4.79 Å². The zero-order valence-corrected chi connectivity index (χ0v) is 11.9. The minimum atomic E-state index is -4.58. The van der Waals surface area contributed by atoms with E-state index < -0.39 is 17.9 Å². The van der Waals surface area contributed by atoms with Crippen LogP contribution in [0.15, 0.2) is 12.1 Å². The van der Waals surface area contributed by atoms with Gasteiger partial charge in [-0.1, -0.05) is 12.2 Å². The number of carbonyl (C=O) groups is 1. The highest BCUT2D eigenvalue weighted by Crippen LogP contribution is 2.30. The molecular formula is C12H13F3N4OS. The van der Waals surface area contributed by atoms with Gasteiger partial charge in [-0.15, -0.1) is 0 Å². The number of likely N-dealkylation sites (tertiary alicyclic amines) is 1. The lowest BCUT2D eigenvalue weighted by Gasteiger charge is -2.17. The van der Waals surface area contributed by atoms with E-state index in [9.17, 15) is 18.0 Å². The van der Waals surface area contributed by atoms with Gasteiger partial charge in [-0.25, -0.2) is 4.98 Å². The maximum absolute atomic E-state index is 12.7.